The van der Waals surface area contributed by atoms with Gasteiger partial charge in [-0.3, -0.25) is 4.55 Å². The first-order valence-electron chi connectivity index (χ1n) is 11.2. The number of nitrogens with zero attached hydrogens (tertiary/aromatic N) is 1. The van der Waals surface area contributed by atoms with Crippen LogP contribution in [0.4, 0.5) is 5.69 Å². The summed E-state index contributed by atoms with van der Waals surface area (Å²) in [6.07, 6.45) is 14.5. The van der Waals surface area contributed by atoms with Crippen molar-refractivity contribution in [2.75, 3.05) is 23.7 Å². The molecule has 0 atom stereocenters. The molecule has 1 aromatic carbocycles. The average molecular weight is 412 g/mol. The van der Waals surface area contributed by atoms with Gasteiger partial charge < -0.3 is 4.90 Å². The zero-order valence-corrected chi connectivity index (χ0v) is 18.9. The Kier molecular flexibility index (Phi) is 13.3. The van der Waals surface area contributed by atoms with Gasteiger partial charge in [-0.1, -0.05) is 76.8 Å². The summed E-state index contributed by atoms with van der Waals surface area (Å²) in [4.78, 5) is 2.36. The molecule has 5 heteroatoms. The Hall–Kier alpha value is -1.07. The highest BCUT2D eigenvalue weighted by Crippen LogP contribution is 2.18. The van der Waals surface area contributed by atoms with Crippen molar-refractivity contribution in [3.05, 3.63) is 29.8 Å². The molecule has 162 valence electrons. The Morgan fingerprint density at radius 2 is 1.36 bits per heavy atom. The lowest BCUT2D eigenvalue weighted by Gasteiger charge is -2.25. The zero-order chi connectivity index (χ0) is 20.7. The van der Waals surface area contributed by atoms with Crippen LogP contribution in [0.15, 0.2) is 24.3 Å². The number of anilines is 1. The van der Waals surface area contributed by atoms with Crippen LogP contribution in [0.5, 0.6) is 0 Å². The first kappa shape index (κ1) is 25.0. The maximum absolute atomic E-state index is 10.9. The van der Waals surface area contributed by atoms with E-state index in [0.717, 1.165) is 19.5 Å². The van der Waals surface area contributed by atoms with Crippen LogP contribution < -0.4 is 4.90 Å². The fraction of sp³-hybridized carbons (Fsp3) is 0.739. The average Bonchev–Trinajstić information content (AvgIpc) is 2.64. The Balaban J connectivity index is 2.30. The maximum atomic E-state index is 10.9. The molecule has 1 rings (SSSR count). The van der Waals surface area contributed by atoms with E-state index in [9.17, 15) is 8.42 Å². The lowest BCUT2D eigenvalue weighted by molar-refractivity contribution is 0.480. The second-order valence-corrected chi connectivity index (χ2v) is 9.57. The predicted octanol–water partition coefficient (Wildman–Crippen LogP) is 6.39. The van der Waals surface area contributed by atoms with Gasteiger partial charge in [-0.05, 0) is 43.9 Å². The minimum Gasteiger partial charge on any atom is -0.372 e. The fourth-order valence-electron chi connectivity index (χ4n) is 3.57. The van der Waals surface area contributed by atoms with E-state index in [2.05, 4.69) is 43.0 Å². The van der Waals surface area contributed by atoms with Gasteiger partial charge in [0.05, 0.1) is 5.75 Å². The molecule has 0 spiro atoms. The van der Waals surface area contributed by atoms with Gasteiger partial charge in [0.25, 0.3) is 10.1 Å². The number of benzene rings is 1. The molecule has 0 bridgehead atoms. The smallest absolute Gasteiger partial charge is 0.264 e. The summed E-state index contributed by atoms with van der Waals surface area (Å²) < 4.78 is 30.7. The van der Waals surface area contributed by atoms with E-state index >= 15 is 0 Å². The van der Waals surface area contributed by atoms with Gasteiger partial charge in [-0.2, -0.15) is 8.42 Å². The molecule has 0 fully saturated rings. The molecule has 0 aliphatic rings. The van der Waals surface area contributed by atoms with Gasteiger partial charge in [-0.25, -0.2) is 0 Å². The molecule has 0 saturated heterocycles. The fourth-order valence-corrected chi connectivity index (χ4v) is 4.14. The molecule has 1 N–H and O–H groups in total. The second kappa shape index (κ2) is 14.9. The summed E-state index contributed by atoms with van der Waals surface area (Å²) in [5.41, 5.74) is 2.45. The highest BCUT2D eigenvalue weighted by atomic mass is 32.2. The van der Waals surface area contributed by atoms with E-state index in [1.54, 1.807) is 0 Å². The van der Waals surface area contributed by atoms with Gasteiger partial charge >= 0.3 is 0 Å². The molecule has 0 aliphatic heterocycles. The minimum absolute atomic E-state index is 0.146. The van der Waals surface area contributed by atoms with E-state index in [1.807, 2.05) is 0 Å². The van der Waals surface area contributed by atoms with Gasteiger partial charge in [0.1, 0.15) is 0 Å². The highest BCUT2D eigenvalue weighted by Gasteiger charge is 2.09. The molecule has 28 heavy (non-hydrogen) atoms. The monoisotopic (exact) mass is 411 g/mol. The van der Waals surface area contributed by atoms with Crippen LogP contribution in [0.2, 0.25) is 0 Å². The van der Waals surface area contributed by atoms with E-state index in [1.165, 1.54) is 75.5 Å². The van der Waals surface area contributed by atoms with Gasteiger partial charge in [0.2, 0.25) is 0 Å². The van der Waals surface area contributed by atoms with Crippen molar-refractivity contribution in [2.24, 2.45) is 0 Å². The number of hydrogen-bond donors (Lipinski definition) is 1. The zero-order valence-electron chi connectivity index (χ0n) is 18.0. The topological polar surface area (TPSA) is 57.6 Å². The standard InChI is InChI=1S/C23H41NO3S/c1-3-4-5-6-7-8-9-10-11-12-18-24(19-13-14-20-28(25,26)27)23-17-15-16-22(2)21-23/h15-17,21H,3-14,18-20H2,1-2H3,(H,25,26,27). The molecule has 0 aliphatic carbocycles. The number of unbranched alkanes of at least 4 members (excludes halogenated alkanes) is 10. The van der Waals surface area contributed by atoms with Crippen molar-refractivity contribution < 1.29 is 13.0 Å². The van der Waals surface area contributed by atoms with Crippen molar-refractivity contribution in [3.63, 3.8) is 0 Å². The van der Waals surface area contributed by atoms with Crippen LogP contribution in [0.25, 0.3) is 0 Å². The molecule has 0 heterocycles. The lowest BCUT2D eigenvalue weighted by Crippen LogP contribution is -2.26. The molecular weight excluding hydrogens is 370 g/mol. The van der Waals surface area contributed by atoms with Crippen molar-refractivity contribution in [1.82, 2.24) is 0 Å². The summed E-state index contributed by atoms with van der Waals surface area (Å²) in [5, 5.41) is 0. The lowest BCUT2D eigenvalue weighted by atomic mass is 10.1. The van der Waals surface area contributed by atoms with Crippen molar-refractivity contribution in [2.45, 2.75) is 90.9 Å². The van der Waals surface area contributed by atoms with Crippen LogP contribution in [-0.2, 0) is 10.1 Å². The van der Waals surface area contributed by atoms with Crippen LogP contribution in [0, 0.1) is 6.92 Å². The normalized spacial score (nSPS) is 11.7. The Morgan fingerprint density at radius 1 is 0.821 bits per heavy atom. The van der Waals surface area contributed by atoms with E-state index < -0.39 is 10.1 Å². The third-order valence-corrected chi connectivity index (χ3v) is 6.03. The van der Waals surface area contributed by atoms with Crippen LogP contribution in [0.1, 0.15) is 89.5 Å². The largest absolute Gasteiger partial charge is 0.372 e. The number of rotatable bonds is 17. The second-order valence-electron chi connectivity index (χ2n) is 8.00. The minimum atomic E-state index is -3.85. The third kappa shape index (κ3) is 13.2. The first-order valence-corrected chi connectivity index (χ1v) is 12.8. The Labute approximate surface area is 173 Å². The molecule has 0 amide bonds. The SMILES string of the molecule is CCCCCCCCCCCCN(CCCCS(=O)(=O)O)c1cccc(C)c1. The third-order valence-electron chi connectivity index (χ3n) is 5.23. The molecule has 1 aromatic rings. The molecule has 0 radical (unpaired) electrons. The van der Waals surface area contributed by atoms with Gasteiger partial charge in [0.15, 0.2) is 0 Å². The molecule has 0 aromatic heterocycles. The van der Waals surface area contributed by atoms with E-state index in [-0.39, 0.29) is 5.75 Å². The quantitative estimate of drug-likeness (QED) is 0.238. The summed E-state index contributed by atoms with van der Waals surface area (Å²) in [6, 6.07) is 8.50. The molecular formula is C23H41NO3S. The first-order chi connectivity index (χ1) is 13.4. The van der Waals surface area contributed by atoms with Crippen LogP contribution in [0.3, 0.4) is 0 Å². The molecule has 0 unspecified atom stereocenters. The number of hydrogen-bond acceptors (Lipinski definition) is 3. The van der Waals surface area contributed by atoms with Crippen LogP contribution in [-0.4, -0.2) is 31.8 Å². The summed E-state index contributed by atoms with van der Waals surface area (Å²) in [7, 11) is -3.85. The van der Waals surface area contributed by atoms with Crippen molar-refractivity contribution in [1.29, 1.82) is 0 Å². The maximum Gasteiger partial charge on any atom is 0.264 e. The number of aryl methyl sites for hydroxylation is 1. The highest BCUT2D eigenvalue weighted by molar-refractivity contribution is 7.85. The van der Waals surface area contributed by atoms with Crippen molar-refractivity contribution >= 4 is 15.8 Å². The Bertz CT molecular complexity index is 616. The Morgan fingerprint density at radius 3 is 1.89 bits per heavy atom. The molecule has 4 nitrogen and oxygen atoms in total. The van der Waals surface area contributed by atoms with Crippen LogP contribution >= 0.6 is 0 Å². The summed E-state index contributed by atoms with van der Waals surface area (Å²) in [5.74, 6) is -0.146. The van der Waals surface area contributed by atoms with Gasteiger partial charge in [-0.15, -0.1) is 0 Å². The predicted molar refractivity (Wildman–Crippen MR) is 121 cm³/mol. The summed E-state index contributed by atoms with van der Waals surface area (Å²) in [6.45, 7) is 6.19. The molecule has 0 saturated carbocycles. The summed E-state index contributed by atoms with van der Waals surface area (Å²) >= 11 is 0. The van der Waals surface area contributed by atoms with E-state index in [4.69, 9.17) is 4.55 Å². The van der Waals surface area contributed by atoms with E-state index in [0.29, 0.717) is 6.42 Å². The van der Waals surface area contributed by atoms with Crippen molar-refractivity contribution in [3.8, 4) is 0 Å². The van der Waals surface area contributed by atoms with Gasteiger partial charge in [0, 0.05) is 18.8 Å².